The molecule has 0 bridgehead atoms. The molecule has 0 aliphatic heterocycles. The molecule has 2 aromatic rings. The fourth-order valence-electron chi connectivity index (χ4n) is 1.83. The molecule has 122 valence electrons. The summed E-state index contributed by atoms with van der Waals surface area (Å²) in [6, 6.07) is 13.4. The van der Waals surface area contributed by atoms with Crippen molar-refractivity contribution in [1.29, 1.82) is 0 Å². The van der Waals surface area contributed by atoms with E-state index in [4.69, 9.17) is 4.74 Å². The zero-order valence-corrected chi connectivity index (χ0v) is 13.5. The van der Waals surface area contributed by atoms with Gasteiger partial charge in [-0.05, 0) is 36.4 Å². The minimum Gasteiger partial charge on any atom is -0.488 e. The van der Waals surface area contributed by atoms with E-state index in [9.17, 15) is 14.3 Å². The third kappa shape index (κ3) is 5.92. The summed E-state index contributed by atoms with van der Waals surface area (Å²) in [5.41, 5.74) is 0.727. The third-order valence-electron chi connectivity index (χ3n) is 2.88. The Kier molecular flexibility index (Phi) is 6.43. The molecule has 0 fully saturated rings. The summed E-state index contributed by atoms with van der Waals surface area (Å²) in [6.07, 6.45) is -0.713. The molecular formula is C17H18FNO3S. The Morgan fingerprint density at radius 1 is 1.26 bits per heavy atom. The van der Waals surface area contributed by atoms with Crippen molar-refractivity contribution in [2.45, 2.75) is 17.9 Å². The average Bonchev–Trinajstić information content (AvgIpc) is 2.53. The van der Waals surface area contributed by atoms with Crippen LogP contribution in [0.5, 0.6) is 5.75 Å². The second kappa shape index (κ2) is 8.55. The number of thioether (sulfide) groups is 1. The zero-order valence-electron chi connectivity index (χ0n) is 12.7. The van der Waals surface area contributed by atoms with Crippen molar-refractivity contribution in [2.75, 3.05) is 17.7 Å². The van der Waals surface area contributed by atoms with E-state index >= 15 is 0 Å². The number of ether oxygens (including phenoxy) is 1. The fourth-order valence-corrected chi connectivity index (χ4v) is 2.64. The molecule has 2 aromatic carbocycles. The molecule has 0 spiro atoms. The van der Waals surface area contributed by atoms with Gasteiger partial charge in [0, 0.05) is 23.3 Å². The highest BCUT2D eigenvalue weighted by atomic mass is 32.2. The molecule has 4 nitrogen and oxygen atoms in total. The number of hydrogen-bond donors (Lipinski definition) is 2. The normalized spacial score (nSPS) is 11.8. The van der Waals surface area contributed by atoms with Crippen molar-refractivity contribution in [3.8, 4) is 5.75 Å². The number of halogens is 1. The predicted molar refractivity (Wildman–Crippen MR) is 89.4 cm³/mol. The highest BCUT2D eigenvalue weighted by molar-refractivity contribution is 7.99. The van der Waals surface area contributed by atoms with Crippen molar-refractivity contribution in [3.05, 3.63) is 54.3 Å². The lowest BCUT2D eigenvalue weighted by atomic mass is 10.3. The largest absolute Gasteiger partial charge is 0.488 e. The molecular weight excluding hydrogens is 317 g/mol. The van der Waals surface area contributed by atoms with Gasteiger partial charge in [-0.15, -0.1) is 11.8 Å². The highest BCUT2D eigenvalue weighted by Gasteiger charge is 2.08. The van der Waals surface area contributed by atoms with Gasteiger partial charge < -0.3 is 15.2 Å². The van der Waals surface area contributed by atoms with Crippen LogP contribution < -0.4 is 10.1 Å². The average molecular weight is 335 g/mol. The highest BCUT2D eigenvalue weighted by Crippen LogP contribution is 2.22. The minimum absolute atomic E-state index is 0.0257. The second-order valence-electron chi connectivity index (χ2n) is 4.91. The third-order valence-corrected chi connectivity index (χ3v) is 4.04. The number of carbonyl (C=O) groups is 1. The number of anilines is 1. The molecule has 0 saturated heterocycles. The van der Waals surface area contributed by atoms with Crippen molar-refractivity contribution < 1.29 is 19.0 Å². The van der Waals surface area contributed by atoms with Gasteiger partial charge in [-0.1, -0.05) is 12.1 Å². The van der Waals surface area contributed by atoms with Crippen LogP contribution >= 0.6 is 11.8 Å². The van der Waals surface area contributed by atoms with Gasteiger partial charge in [0.25, 0.3) is 0 Å². The SMILES string of the molecule is CC(=O)Nc1ccc(SC[C@H](O)COc2ccccc2F)cc1. The van der Waals surface area contributed by atoms with E-state index in [1.807, 2.05) is 12.1 Å². The van der Waals surface area contributed by atoms with Crippen LogP contribution in [0.1, 0.15) is 6.92 Å². The van der Waals surface area contributed by atoms with Crippen molar-refractivity contribution >= 4 is 23.4 Å². The molecule has 2 rings (SSSR count). The number of amides is 1. The maximum Gasteiger partial charge on any atom is 0.221 e. The number of rotatable bonds is 7. The van der Waals surface area contributed by atoms with Gasteiger partial charge in [-0.25, -0.2) is 4.39 Å². The van der Waals surface area contributed by atoms with E-state index in [2.05, 4.69) is 5.32 Å². The number of benzene rings is 2. The van der Waals surface area contributed by atoms with E-state index < -0.39 is 11.9 Å². The monoisotopic (exact) mass is 335 g/mol. The first-order valence-corrected chi connectivity index (χ1v) is 8.09. The van der Waals surface area contributed by atoms with Crippen LogP contribution in [0.4, 0.5) is 10.1 Å². The molecule has 1 atom stereocenters. The van der Waals surface area contributed by atoms with E-state index in [1.165, 1.54) is 30.8 Å². The van der Waals surface area contributed by atoms with Crippen LogP contribution in [-0.2, 0) is 4.79 Å². The Bertz CT molecular complexity index is 649. The van der Waals surface area contributed by atoms with Crippen LogP contribution in [0.25, 0.3) is 0 Å². The van der Waals surface area contributed by atoms with Crippen LogP contribution in [-0.4, -0.2) is 29.5 Å². The Balaban J connectivity index is 1.76. The molecule has 0 aliphatic carbocycles. The van der Waals surface area contributed by atoms with E-state index in [1.54, 1.807) is 24.3 Å². The Labute approximate surface area is 138 Å². The lowest BCUT2D eigenvalue weighted by Gasteiger charge is -2.12. The molecule has 0 aromatic heterocycles. The van der Waals surface area contributed by atoms with E-state index in [-0.39, 0.29) is 18.3 Å². The van der Waals surface area contributed by atoms with Crippen molar-refractivity contribution in [1.82, 2.24) is 0 Å². The molecule has 2 N–H and O–H groups in total. The van der Waals surface area contributed by atoms with Crippen LogP contribution in [0.15, 0.2) is 53.4 Å². The Morgan fingerprint density at radius 2 is 1.96 bits per heavy atom. The first-order valence-electron chi connectivity index (χ1n) is 7.10. The van der Waals surface area contributed by atoms with Crippen molar-refractivity contribution in [3.63, 3.8) is 0 Å². The summed E-state index contributed by atoms with van der Waals surface area (Å²) < 4.78 is 18.6. The van der Waals surface area contributed by atoms with E-state index in [0.29, 0.717) is 5.75 Å². The number of nitrogens with one attached hydrogen (secondary N) is 1. The van der Waals surface area contributed by atoms with Crippen molar-refractivity contribution in [2.24, 2.45) is 0 Å². The first kappa shape index (κ1) is 17.3. The topological polar surface area (TPSA) is 58.6 Å². The zero-order chi connectivity index (χ0) is 16.7. The van der Waals surface area contributed by atoms with Gasteiger partial charge in [0.15, 0.2) is 11.6 Å². The standard InChI is InChI=1S/C17H18FNO3S/c1-12(20)19-13-6-8-15(9-7-13)23-11-14(21)10-22-17-5-3-2-4-16(17)18/h2-9,14,21H,10-11H2,1H3,(H,19,20)/t14-/m1/s1. The van der Waals surface area contributed by atoms with Gasteiger partial charge >= 0.3 is 0 Å². The summed E-state index contributed by atoms with van der Waals surface area (Å²) in [5.74, 6) is -0.00301. The van der Waals surface area contributed by atoms with Gasteiger partial charge in [0.2, 0.25) is 5.91 Å². The lowest BCUT2D eigenvalue weighted by Crippen LogP contribution is -2.20. The molecule has 0 aliphatic rings. The molecule has 6 heteroatoms. The van der Waals surface area contributed by atoms with E-state index in [0.717, 1.165) is 10.6 Å². The summed E-state index contributed by atoms with van der Waals surface area (Å²) in [6.45, 7) is 1.48. The van der Waals surface area contributed by atoms with Crippen LogP contribution in [0, 0.1) is 5.82 Å². The number of aliphatic hydroxyl groups excluding tert-OH is 1. The van der Waals surface area contributed by atoms with Gasteiger partial charge in [-0.2, -0.15) is 0 Å². The smallest absolute Gasteiger partial charge is 0.221 e. The number of para-hydroxylation sites is 1. The first-order chi connectivity index (χ1) is 11.0. The van der Waals surface area contributed by atoms with Crippen LogP contribution in [0.3, 0.4) is 0 Å². The maximum atomic E-state index is 13.4. The summed E-state index contributed by atoms with van der Waals surface area (Å²) in [4.78, 5) is 11.9. The second-order valence-corrected chi connectivity index (χ2v) is 6.01. The minimum atomic E-state index is -0.713. The quantitative estimate of drug-likeness (QED) is 0.762. The summed E-state index contributed by atoms with van der Waals surface area (Å²) >= 11 is 1.46. The van der Waals surface area contributed by atoms with Gasteiger partial charge in [0.1, 0.15) is 6.61 Å². The van der Waals surface area contributed by atoms with Gasteiger partial charge in [0.05, 0.1) is 6.10 Å². The molecule has 0 radical (unpaired) electrons. The molecule has 0 unspecified atom stereocenters. The number of aliphatic hydroxyl groups is 1. The van der Waals surface area contributed by atoms with Crippen LogP contribution in [0.2, 0.25) is 0 Å². The van der Waals surface area contributed by atoms with Gasteiger partial charge in [-0.3, -0.25) is 4.79 Å². The molecule has 1 amide bonds. The summed E-state index contributed by atoms with van der Waals surface area (Å²) in [5, 5.41) is 12.6. The lowest BCUT2D eigenvalue weighted by molar-refractivity contribution is -0.114. The molecule has 0 saturated carbocycles. The number of carbonyl (C=O) groups excluding carboxylic acids is 1. The summed E-state index contributed by atoms with van der Waals surface area (Å²) in [7, 11) is 0. The maximum absolute atomic E-state index is 13.4. The Morgan fingerprint density at radius 3 is 2.61 bits per heavy atom. The molecule has 23 heavy (non-hydrogen) atoms. The Hall–Kier alpha value is -2.05. The predicted octanol–water partition coefficient (Wildman–Crippen LogP) is 3.32. The number of hydrogen-bond acceptors (Lipinski definition) is 4. The molecule has 0 heterocycles. The fraction of sp³-hybridized carbons (Fsp3) is 0.235.